The highest BCUT2D eigenvalue weighted by atomic mass is 79.9. The Hall–Kier alpha value is -4.51. The van der Waals surface area contributed by atoms with Gasteiger partial charge in [-0.25, -0.2) is 9.37 Å². The highest BCUT2D eigenvalue weighted by molar-refractivity contribution is 9.10. The molecule has 0 spiro atoms. The van der Waals surface area contributed by atoms with Crippen molar-refractivity contribution in [2.75, 3.05) is 7.11 Å². The van der Waals surface area contributed by atoms with Gasteiger partial charge in [0.25, 0.3) is 5.56 Å². The number of para-hydroxylation sites is 1. The van der Waals surface area contributed by atoms with Crippen LogP contribution in [0.15, 0.2) is 99.3 Å². The molecule has 6 nitrogen and oxygen atoms in total. The Morgan fingerprint density at radius 3 is 2.49 bits per heavy atom. The summed E-state index contributed by atoms with van der Waals surface area (Å²) in [6, 6.07) is 20.2. The number of ether oxygens (including phenoxy) is 2. The largest absolute Gasteiger partial charge is 0.493 e. The monoisotopic (exact) mass is 625 g/mol. The van der Waals surface area contributed by atoms with E-state index in [2.05, 4.69) is 26.0 Å². The van der Waals surface area contributed by atoms with Crippen molar-refractivity contribution in [2.45, 2.75) is 12.8 Å². The van der Waals surface area contributed by atoms with Gasteiger partial charge in [0, 0.05) is 15.6 Å². The molecule has 5 aromatic rings. The third-order valence-electron chi connectivity index (χ3n) is 6.08. The van der Waals surface area contributed by atoms with Crippen molar-refractivity contribution in [3.63, 3.8) is 0 Å². The van der Waals surface area contributed by atoms with Crippen LogP contribution in [0, 0.1) is 5.82 Å². The van der Waals surface area contributed by atoms with Crippen LogP contribution in [-0.4, -0.2) is 23.0 Å². The fourth-order valence-electron chi connectivity index (χ4n) is 4.10. The lowest BCUT2D eigenvalue weighted by molar-refractivity contribution is -0.137. The average Bonchev–Trinajstić information content (AvgIpc) is 2.96. The van der Waals surface area contributed by atoms with Gasteiger partial charge in [-0.05, 0) is 54.1 Å². The van der Waals surface area contributed by atoms with Crippen molar-refractivity contribution in [1.29, 1.82) is 0 Å². The first kappa shape index (κ1) is 28.0. The Morgan fingerprint density at radius 2 is 1.76 bits per heavy atom. The molecule has 11 heteroatoms. The lowest BCUT2D eigenvalue weighted by atomic mass is 10.1. The molecule has 0 fully saturated rings. The standard InChI is InChI=1S/C30H20BrF4N3O3/c1-40-26-15-22(31)14-20(27(26)41-17-18-9-11-23(32)12-10-18)16-36-38-28(19-5-4-6-21(13-19)30(33,34)35)37-25-8-3-2-7-24(25)29(38)39/h2-16H,17H2,1H3. The quantitative estimate of drug-likeness (QED) is 0.139. The van der Waals surface area contributed by atoms with Crippen LogP contribution in [0.5, 0.6) is 11.5 Å². The SMILES string of the molecule is COc1cc(Br)cc(C=Nn2c(-c3cccc(C(F)(F)F)c3)nc3ccccc3c2=O)c1OCc1ccc(F)cc1. The van der Waals surface area contributed by atoms with E-state index >= 15 is 0 Å². The number of hydrogen-bond donors (Lipinski definition) is 0. The van der Waals surface area contributed by atoms with Crippen LogP contribution in [0.4, 0.5) is 17.6 Å². The summed E-state index contributed by atoms with van der Waals surface area (Å²) in [5, 5.41) is 4.60. The molecule has 0 aliphatic carbocycles. The predicted molar refractivity (Wildman–Crippen MR) is 151 cm³/mol. The van der Waals surface area contributed by atoms with E-state index in [4.69, 9.17) is 9.47 Å². The van der Waals surface area contributed by atoms with Crippen molar-refractivity contribution < 1.29 is 27.0 Å². The first-order valence-corrected chi connectivity index (χ1v) is 12.9. The number of rotatable bonds is 7. The molecule has 1 heterocycles. The van der Waals surface area contributed by atoms with Crippen LogP contribution in [-0.2, 0) is 12.8 Å². The minimum Gasteiger partial charge on any atom is -0.493 e. The fraction of sp³-hybridized carbons (Fsp3) is 0.100. The molecule has 0 aliphatic heterocycles. The molecular weight excluding hydrogens is 606 g/mol. The van der Waals surface area contributed by atoms with Crippen molar-refractivity contribution in [1.82, 2.24) is 9.66 Å². The molecule has 0 atom stereocenters. The summed E-state index contributed by atoms with van der Waals surface area (Å²) in [6.45, 7) is 0.0755. The summed E-state index contributed by atoms with van der Waals surface area (Å²) < 4.78 is 66.9. The smallest absolute Gasteiger partial charge is 0.416 e. The van der Waals surface area contributed by atoms with Gasteiger partial charge >= 0.3 is 6.18 Å². The minimum absolute atomic E-state index is 0.0550. The maximum absolute atomic E-state index is 13.5. The number of aromatic nitrogens is 2. The van der Waals surface area contributed by atoms with E-state index in [1.54, 1.807) is 48.5 Å². The molecule has 0 saturated heterocycles. The minimum atomic E-state index is -4.59. The summed E-state index contributed by atoms with van der Waals surface area (Å²) in [5.74, 6) is 0.178. The molecule has 5 rings (SSSR count). The van der Waals surface area contributed by atoms with Gasteiger partial charge in [-0.1, -0.05) is 52.3 Å². The highest BCUT2D eigenvalue weighted by Gasteiger charge is 2.31. The zero-order chi connectivity index (χ0) is 29.1. The summed E-state index contributed by atoms with van der Waals surface area (Å²) in [7, 11) is 1.46. The summed E-state index contributed by atoms with van der Waals surface area (Å²) in [6.07, 6.45) is -3.26. The van der Waals surface area contributed by atoms with Gasteiger partial charge in [-0.15, -0.1) is 0 Å². The van der Waals surface area contributed by atoms with E-state index in [0.29, 0.717) is 26.9 Å². The van der Waals surface area contributed by atoms with Gasteiger partial charge in [0.1, 0.15) is 12.4 Å². The van der Waals surface area contributed by atoms with E-state index in [-0.39, 0.29) is 34.9 Å². The van der Waals surface area contributed by atoms with Crippen LogP contribution < -0.4 is 15.0 Å². The number of benzene rings is 4. The highest BCUT2D eigenvalue weighted by Crippen LogP contribution is 2.35. The van der Waals surface area contributed by atoms with E-state index in [1.807, 2.05) is 0 Å². The number of hydrogen-bond acceptors (Lipinski definition) is 5. The third kappa shape index (κ3) is 6.14. The average molecular weight is 626 g/mol. The van der Waals surface area contributed by atoms with E-state index in [0.717, 1.165) is 16.8 Å². The van der Waals surface area contributed by atoms with Crippen LogP contribution in [0.25, 0.3) is 22.3 Å². The molecule has 1 aromatic heterocycles. The first-order chi connectivity index (χ1) is 19.6. The van der Waals surface area contributed by atoms with Gasteiger partial charge in [0.15, 0.2) is 17.3 Å². The molecule has 0 saturated carbocycles. The van der Waals surface area contributed by atoms with E-state index in [1.165, 1.54) is 37.6 Å². The zero-order valence-electron chi connectivity index (χ0n) is 21.3. The lowest BCUT2D eigenvalue weighted by Gasteiger charge is -2.15. The van der Waals surface area contributed by atoms with Crippen LogP contribution in [0.1, 0.15) is 16.7 Å². The van der Waals surface area contributed by atoms with Crippen molar-refractivity contribution in [3.05, 3.63) is 122 Å². The zero-order valence-corrected chi connectivity index (χ0v) is 22.9. The van der Waals surface area contributed by atoms with Gasteiger partial charge in [0.2, 0.25) is 0 Å². The normalized spacial score (nSPS) is 11.8. The Balaban J connectivity index is 1.63. The van der Waals surface area contributed by atoms with Gasteiger partial charge < -0.3 is 9.47 Å². The maximum atomic E-state index is 13.5. The van der Waals surface area contributed by atoms with Gasteiger partial charge in [-0.3, -0.25) is 4.79 Å². The fourth-order valence-corrected chi connectivity index (χ4v) is 4.55. The van der Waals surface area contributed by atoms with E-state index < -0.39 is 17.3 Å². The van der Waals surface area contributed by atoms with E-state index in [9.17, 15) is 22.4 Å². The summed E-state index contributed by atoms with van der Waals surface area (Å²) in [4.78, 5) is 18.0. The van der Waals surface area contributed by atoms with Gasteiger partial charge in [0.05, 0.1) is 29.8 Å². The second-order valence-corrected chi connectivity index (χ2v) is 9.75. The molecule has 0 radical (unpaired) electrons. The molecule has 41 heavy (non-hydrogen) atoms. The summed E-state index contributed by atoms with van der Waals surface area (Å²) in [5.41, 5.74) is -0.00572. The predicted octanol–water partition coefficient (Wildman–Crippen LogP) is 7.45. The molecule has 4 aromatic carbocycles. The molecular formula is C30H20BrF4N3O3. The topological polar surface area (TPSA) is 65.7 Å². The van der Waals surface area contributed by atoms with Crippen LogP contribution in [0.3, 0.4) is 0 Å². The van der Waals surface area contributed by atoms with Crippen molar-refractivity contribution in [3.8, 4) is 22.9 Å². The molecule has 0 N–H and O–H groups in total. The number of nitrogens with zero attached hydrogens (tertiary/aromatic N) is 3. The number of methoxy groups -OCH3 is 1. The molecule has 0 bridgehead atoms. The molecule has 0 aliphatic rings. The first-order valence-electron chi connectivity index (χ1n) is 12.1. The Kier molecular flexibility index (Phi) is 7.89. The Bertz CT molecular complexity index is 1820. The lowest BCUT2D eigenvalue weighted by Crippen LogP contribution is -2.20. The molecule has 208 valence electrons. The second kappa shape index (κ2) is 11.5. The number of halogens is 5. The van der Waals surface area contributed by atoms with Crippen molar-refractivity contribution >= 4 is 33.0 Å². The molecule has 0 unspecified atom stereocenters. The Labute approximate surface area is 239 Å². The number of fused-ring (bicyclic) bond motifs is 1. The summed E-state index contributed by atoms with van der Waals surface area (Å²) >= 11 is 3.42. The van der Waals surface area contributed by atoms with Gasteiger partial charge in [-0.2, -0.15) is 22.9 Å². The number of alkyl halides is 3. The van der Waals surface area contributed by atoms with Crippen LogP contribution >= 0.6 is 15.9 Å². The Morgan fingerprint density at radius 1 is 1.00 bits per heavy atom. The molecule has 0 amide bonds. The second-order valence-electron chi connectivity index (χ2n) is 8.83. The van der Waals surface area contributed by atoms with Crippen molar-refractivity contribution in [2.24, 2.45) is 5.10 Å². The third-order valence-corrected chi connectivity index (χ3v) is 6.54. The van der Waals surface area contributed by atoms with Crippen LogP contribution in [0.2, 0.25) is 0 Å². The maximum Gasteiger partial charge on any atom is 0.416 e.